The van der Waals surface area contributed by atoms with E-state index in [1.807, 2.05) is 0 Å². The molecule has 0 saturated heterocycles. The summed E-state index contributed by atoms with van der Waals surface area (Å²) in [6, 6.07) is 8.56. The normalized spacial score (nSPS) is 11.7. The topological polar surface area (TPSA) is 0 Å². The van der Waals surface area contributed by atoms with E-state index in [-0.39, 0.29) is 0 Å². The summed E-state index contributed by atoms with van der Waals surface area (Å²) in [6.07, 6.45) is 1.18. The summed E-state index contributed by atoms with van der Waals surface area (Å²) >= 11 is 3.62. The highest BCUT2D eigenvalue weighted by Gasteiger charge is 2.18. The van der Waals surface area contributed by atoms with E-state index in [9.17, 15) is 0 Å². The van der Waals surface area contributed by atoms with E-state index in [1.165, 1.54) is 16.5 Å². The van der Waals surface area contributed by atoms with Crippen molar-refractivity contribution < 1.29 is 0 Å². The number of rotatable bonds is 4. The monoisotopic (exact) mass is 268 g/mol. The minimum absolute atomic E-state index is 0.747. The second-order valence-electron chi connectivity index (χ2n) is 4.95. The molecule has 15 heavy (non-hydrogen) atoms. The third-order valence-electron chi connectivity index (χ3n) is 3.13. The lowest BCUT2D eigenvalue weighted by Gasteiger charge is -2.25. The first-order valence-electron chi connectivity index (χ1n) is 5.75. The molecule has 1 rings (SSSR count). The predicted octanol–water partition coefficient (Wildman–Crippen LogP) is 4.92. The van der Waals surface area contributed by atoms with Crippen molar-refractivity contribution in [2.45, 2.75) is 34.1 Å². The molecule has 0 fully saturated rings. The average Bonchev–Trinajstić information content (AvgIpc) is 2.15. The van der Waals surface area contributed by atoms with Gasteiger partial charge in [-0.1, -0.05) is 61.8 Å². The van der Waals surface area contributed by atoms with E-state index >= 15 is 0 Å². The first-order chi connectivity index (χ1) is 7.02. The molecule has 0 aliphatic heterocycles. The minimum Gasteiger partial charge on any atom is -0.0625 e. The Morgan fingerprint density at radius 2 is 1.53 bits per heavy atom. The molecule has 0 atom stereocenters. The molecule has 84 valence electrons. The molecule has 0 aromatic heterocycles. The molecule has 0 aliphatic carbocycles. The van der Waals surface area contributed by atoms with Crippen molar-refractivity contribution in [3.8, 4) is 0 Å². The molecule has 0 nitrogen and oxygen atoms in total. The smallest absolute Gasteiger partial charge is 0.0207 e. The van der Waals surface area contributed by atoms with Crippen LogP contribution in [-0.2, 0) is 6.42 Å². The zero-order valence-electron chi connectivity index (χ0n) is 10.1. The highest BCUT2D eigenvalue weighted by atomic mass is 79.9. The summed E-state index contributed by atoms with van der Waals surface area (Å²) < 4.78 is 1.25. The summed E-state index contributed by atoms with van der Waals surface area (Å²) in [7, 11) is 0. The fraction of sp³-hybridized carbons (Fsp3) is 0.571. The van der Waals surface area contributed by atoms with Gasteiger partial charge < -0.3 is 0 Å². The molecule has 0 bridgehead atoms. The molecule has 1 aromatic rings. The first-order valence-corrected chi connectivity index (χ1v) is 6.55. The van der Waals surface area contributed by atoms with Crippen molar-refractivity contribution in [2.24, 2.45) is 17.8 Å². The van der Waals surface area contributed by atoms with Gasteiger partial charge in [-0.2, -0.15) is 0 Å². The van der Waals surface area contributed by atoms with Crippen LogP contribution in [0.4, 0.5) is 0 Å². The van der Waals surface area contributed by atoms with Crippen molar-refractivity contribution in [1.29, 1.82) is 0 Å². The minimum atomic E-state index is 0.747. The molecule has 1 heteroatoms. The Morgan fingerprint density at radius 3 is 2.00 bits per heavy atom. The van der Waals surface area contributed by atoms with E-state index in [0.717, 1.165) is 17.8 Å². The van der Waals surface area contributed by atoms with E-state index in [4.69, 9.17) is 0 Å². The second kappa shape index (κ2) is 5.69. The second-order valence-corrected chi connectivity index (χ2v) is 5.80. The third-order valence-corrected chi connectivity index (χ3v) is 3.90. The molecule has 0 unspecified atom stereocenters. The van der Waals surface area contributed by atoms with Crippen LogP contribution in [0.2, 0.25) is 0 Å². The molecular formula is C14H21Br. The van der Waals surface area contributed by atoms with Gasteiger partial charge in [-0.15, -0.1) is 0 Å². The number of hydrogen-bond acceptors (Lipinski definition) is 0. The van der Waals surface area contributed by atoms with Crippen LogP contribution < -0.4 is 0 Å². The zero-order valence-corrected chi connectivity index (χ0v) is 11.7. The van der Waals surface area contributed by atoms with Crippen LogP contribution >= 0.6 is 15.9 Å². The van der Waals surface area contributed by atoms with E-state index in [0.29, 0.717) is 0 Å². The van der Waals surface area contributed by atoms with Crippen LogP contribution in [0.15, 0.2) is 28.7 Å². The van der Waals surface area contributed by atoms with Gasteiger partial charge >= 0.3 is 0 Å². The quantitative estimate of drug-likeness (QED) is 0.727. The van der Waals surface area contributed by atoms with Gasteiger partial charge in [0.25, 0.3) is 0 Å². The highest BCUT2D eigenvalue weighted by Crippen LogP contribution is 2.28. The van der Waals surface area contributed by atoms with Gasteiger partial charge in [-0.05, 0) is 35.8 Å². The van der Waals surface area contributed by atoms with E-state index in [2.05, 4.69) is 67.9 Å². The molecule has 0 spiro atoms. The lowest BCUT2D eigenvalue weighted by molar-refractivity contribution is 0.286. The fourth-order valence-corrected chi connectivity index (χ4v) is 2.61. The van der Waals surface area contributed by atoms with Crippen LogP contribution in [0.5, 0.6) is 0 Å². The Hall–Kier alpha value is -0.300. The van der Waals surface area contributed by atoms with Crippen LogP contribution in [0, 0.1) is 17.8 Å². The Balaban J connectivity index is 2.79. The van der Waals surface area contributed by atoms with Gasteiger partial charge in [0.2, 0.25) is 0 Å². The Labute approximate surface area is 102 Å². The van der Waals surface area contributed by atoms with Crippen molar-refractivity contribution in [1.82, 2.24) is 0 Å². The predicted molar refractivity (Wildman–Crippen MR) is 71.0 cm³/mol. The number of benzene rings is 1. The SMILES string of the molecule is CC(C)C(Cc1ccccc1Br)C(C)C. The number of hydrogen-bond donors (Lipinski definition) is 0. The van der Waals surface area contributed by atoms with Crippen LogP contribution in [0.3, 0.4) is 0 Å². The maximum Gasteiger partial charge on any atom is 0.0207 e. The lowest BCUT2D eigenvalue weighted by atomic mass is 9.81. The summed E-state index contributed by atoms with van der Waals surface area (Å²) in [5.74, 6) is 2.26. The molecule has 0 heterocycles. The Bertz CT molecular complexity index is 294. The first kappa shape index (κ1) is 12.8. The van der Waals surface area contributed by atoms with Gasteiger partial charge in [0.05, 0.1) is 0 Å². The Kier molecular flexibility index (Phi) is 4.85. The highest BCUT2D eigenvalue weighted by molar-refractivity contribution is 9.10. The van der Waals surface area contributed by atoms with Crippen molar-refractivity contribution in [2.75, 3.05) is 0 Å². The summed E-state index contributed by atoms with van der Waals surface area (Å²) in [6.45, 7) is 9.28. The molecular weight excluding hydrogens is 248 g/mol. The van der Waals surface area contributed by atoms with Crippen LogP contribution in [-0.4, -0.2) is 0 Å². The van der Waals surface area contributed by atoms with E-state index < -0.39 is 0 Å². The molecule has 0 N–H and O–H groups in total. The average molecular weight is 269 g/mol. The molecule has 0 amide bonds. The molecule has 0 saturated carbocycles. The molecule has 1 aromatic carbocycles. The summed E-state index contributed by atoms with van der Waals surface area (Å²) in [4.78, 5) is 0. The maximum atomic E-state index is 3.62. The van der Waals surface area contributed by atoms with Crippen LogP contribution in [0.25, 0.3) is 0 Å². The van der Waals surface area contributed by atoms with Gasteiger partial charge in [-0.3, -0.25) is 0 Å². The van der Waals surface area contributed by atoms with E-state index in [1.54, 1.807) is 0 Å². The fourth-order valence-electron chi connectivity index (χ4n) is 2.16. The van der Waals surface area contributed by atoms with Crippen molar-refractivity contribution in [3.05, 3.63) is 34.3 Å². The maximum absolute atomic E-state index is 3.62. The number of halogens is 1. The third kappa shape index (κ3) is 3.64. The van der Waals surface area contributed by atoms with Crippen molar-refractivity contribution in [3.63, 3.8) is 0 Å². The van der Waals surface area contributed by atoms with Gasteiger partial charge in [0.15, 0.2) is 0 Å². The van der Waals surface area contributed by atoms with Gasteiger partial charge in [0.1, 0.15) is 0 Å². The van der Waals surface area contributed by atoms with Crippen LogP contribution in [0.1, 0.15) is 33.3 Å². The van der Waals surface area contributed by atoms with Crippen molar-refractivity contribution >= 4 is 15.9 Å². The van der Waals surface area contributed by atoms with Gasteiger partial charge in [-0.25, -0.2) is 0 Å². The zero-order chi connectivity index (χ0) is 11.4. The Morgan fingerprint density at radius 1 is 1.00 bits per heavy atom. The summed E-state index contributed by atoms with van der Waals surface area (Å²) in [5, 5.41) is 0. The standard InChI is InChI=1S/C14H21Br/c1-10(2)13(11(3)4)9-12-7-5-6-8-14(12)15/h5-8,10-11,13H,9H2,1-4H3. The largest absolute Gasteiger partial charge is 0.0625 e. The molecule has 0 radical (unpaired) electrons. The molecule has 0 aliphatic rings. The van der Waals surface area contributed by atoms with Gasteiger partial charge in [0, 0.05) is 4.47 Å². The summed E-state index contributed by atoms with van der Waals surface area (Å²) in [5.41, 5.74) is 1.44. The lowest BCUT2D eigenvalue weighted by Crippen LogP contribution is -2.18.